The molecular formula is C22H24FN5O4. The third-order valence-corrected chi connectivity index (χ3v) is 4.51. The van der Waals surface area contributed by atoms with Crippen LogP contribution in [0.1, 0.15) is 20.3 Å². The van der Waals surface area contributed by atoms with Crippen molar-refractivity contribution in [2.45, 2.75) is 26.3 Å². The Bertz CT molecular complexity index is 1040. The van der Waals surface area contributed by atoms with Crippen LogP contribution in [0.25, 0.3) is 0 Å². The fourth-order valence-electron chi connectivity index (χ4n) is 2.98. The zero-order valence-electron chi connectivity index (χ0n) is 17.7. The highest BCUT2D eigenvalue weighted by molar-refractivity contribution is 6.44. The third-order valence-electron chi connectivity index (χ3n) is 4.51. The van der Waals surface area contributed by atoms with Crippen molar-refractivity contribution in [1.82, 2.24) is 0 Å². The summed E-state index contributed by atoms with van der Waals surface area (Å²) in [5.74, 6) is -1.42. The number of ether oxygens (including phenoxy) is 1. The van der Waals surface area contributed by atoms with Gasteiger partial charge in [-0.1, -0.05) is 19.9 Å². The monoisotopic (exact) mass is 441 g/mol. The number of halogens is 1. The minimum atomic E-state index is -0.870. The molecule has 0 saturated carbocycles. The molecule has 0 aromatic heterocycles. The quantitative estimate of drug-likeness (QED) is 0.609. The van der Waals surface area contributed by atoms with Crippen LogP contribution in [0.2, 0.25) is 0 Å². The van der Waals surface area contributed by atoms with Crippen molar-refractivity contribution >= 4 is 40.7 Å². The van der Waals surface area contributed by atoms with Gasteiger partial charge < -0.3 is 15.8 Å². The van der Waals surface area contributed by atoms with E-state index in [2.05, 4.69) is 15.7 Å². The minimum absolute atomic E-state index is 0.00197. The van der Waals surface area contributed by atoms with E-state index in [1.54, 1.807) is 24.3 Å². The predicted octanol–water partition coefficient (Wildman–Crippen LogP) is 3.09. The van der Waals surface area contributed by atoms with Crippen LogP contribution >= 0.6 is 0 Å². The lowest BCUT2D eigenvalue weighted by atomic mass is 10.1. The van der Waals surface area contributed by atoms with Gasteiger partial charge in [-0.05, 0) is 48.4 Å². The van der Waals surface area contributed by atoms with Crippen molar-refractivity contribution in [3.8, 4) is 0 Å². The van der Waals surface area contributed by atoms with Crippen LogP contribution in [0.15, 0.2) is 53.6 Å². The van der Waals surface area contributed by atoms with Crippen LogP contribution in [-0.2, 0) is 14.3 Å². The van der Waals surface area contributed by atoms with Crippen LogP contribution < -0.4 is 21.4 Å². The molecule has 0 aliphatic carbocycles. The Morgan fingerprint density at radius 2 is 1.81 bits per heavy atom. The summed E-state index contributed by atoms with van der Waals surface area (Å²) in [5, 5.41) is 10.8. The number of nitrogens with one attached hydrogen (secondary N) is 2. The molecule has 1 atom stereocenters. The number of primary amides is 1. The maximum Gasteiger partial charge on any atom is 0.411 e. The Kier molecular flexibility index (Phi) is 7.04. The summed E-state index contributed by atoms with van der Waals surface area (Å²) in [6, 6.07) is 11.0. The van der Waals surface area contributed by atoms with Gasteiger partial charge in [-0.3, -0.25) is 19.9 Å². The van der Waals surface area contributed by atoms with Crippen molar-refractivity contribution in [3.05, 3.63) is 54.3 Å². The van der Waals surface area contributed by atoms with E-state index in [-0.39, 0.29) is 24.7 Å². The summed E-state index contributed by atoms with van der Waals surface area (Å²) in [5.41, 5.74) is 6.84. The number of hydrazone groups is 1. The van der Waals surface area contributed by atoms with Gasteiger partial charge in [0.2, 0.25) is 5.91 Å². The minimum Gasteiger partial charge on any atom is -0.449 e. The number of carbonyl (C=O) groups excluding carboxylic acids is 3. The Morgan fingerprint density at radius 1 is 1.16 bits per heavy atom. The number of amides is 3. The van der Waals surface area contributed by atoms with Gasteiger partial charge in [-0.15, -0.1) is 0 Å². The molecule has 0 fully saturated rings. The molecule has 10 heteroatoms. The Balaban J connectivity index is 1.70. The standard InChI is InChI=1S/C22H24FN5O4/c1-13(2)12-32-22(31)26-16-5-3-4-15(10-16)25-21(30)18-11-19(20(24)29)28(27-18)17-8-6-14(23)7-9-17/h3-10,13,19H,11-12H2,1-2H3,(H2,24,29)(H,25,30)(H,26,31). The molecule has 3 amide bonds. The molecule has 0 radical (unpaired) electrons. The van der Waals surface area contributed by atoms with Gasteiger partial charge in [0.15, 0.2) is 0 Å². The largest absolute Gasteiger partial charge is 0.449 e. The third kappa shape index (κ3) is 5.81. The van der Waals surface area contributed by atoms with Crippen LogP contribution in [0.3, 0.4) is 0 Å². The van der Waals surface area contributed by atoms with Gasteiger partial charge >= 0.3 is 6.09 Å². The van der Waals surface area contributed by atoms with Gasteiger partial charge in [0.1, 0.15) is 17.6 Å². The van der Waals surface area contributed by atoms with Crippen molar-refractivity contribution in [1.29, 1.82) is 0 Å². The SMILES string of the molecule is CC(C)COC(=O)Nc1cccc(NC(=O)C2=NN(c3ccc(F)cc3)C(C(N)=O)C2)c1. The Morgan fingerprint density at radius 3 is 2.44 bits per heavy atom. The van der Waals surface area contributed by atoms with Crippen molar-refractivity contribution < 1.29 is 23.5 Å². The average Bonchev–Trinajstić information content (AvgIpc) is 3.19. The van der Waals surface area contributed by atoms with Crippen molar-refractivity contribution in [2.24, 2.45) is 16.8 Å². The Labute approximate surface area is 184 Å². The molecule has 1 aliphatic rings. The first-order valence-corrected chi connectivity index (χ1v) is 9.99. The summed E-state index contributed by atoms with van der Waals surface area (Å²) >= 11 is 0. The molecule has 9 nitrogen and oxygen atoms in total. The van der Waals surface area contributed by atoms with Crippen LogP contribution in [-0.4, -0.2) is 36.3 Å². The van der Waals surface area contributed by atoms with E-state index in [9.17, 15) is 18.8 Å². The van der Waals surface area contributed by atoms with E-state index in [1.165, 1.54) is 29.3 Å². The van der Waals surface area contributed by atoms with Gasteiger partial charge in [0.05, 0.1) is 12.3 Å². The second-order valence-corrected chi connectivity index (χ2v) is 7.64. The summed E-state index contributed by atoms with van der Waals surface area (Å²) in [6.07, 6.45) is -0.598. The van der Waals surface area contributed by atoms with Crippen molar-refractivity contribution in [2.75, 3.05) is 22.2 Å². The van der Waals surface area contributed by atoms with Crippen molar-refractivity contribution in [3.63, 3.8) is 0 Å². The van der Waals surface area contributed by atoms with Gasteiger partial charge in [0.25, 0.3) is 5.91 Å². The molecule has 1 heterocycles. The number of carbonyl (C=O) groups is 3. The highest BCUT2D eigenvalue weighted by Gasteiger charge is 2.35. The topological polar surface area (TPSA) is 126 Å². The number of benzene rings is 2. The number of nitrogens with zero attached hydrogens (tertiary/aromatic N) is 2. The zero-order chi connectivity index (χ0) is 23.3. The first-order valence-electron chi connectivity index (χ1n) is 9.99. The highest BCUT2D eigenvalue weighted by Crippen LogP contribution is 2.25. The van der Waals surface area contributed by atoms with Gasteiger partial charge in [0, 0.05) is 17.8 Å². The van der Waals surface area contributed by atoms with Gasteiger partial charge in [-0.25, -0.2) is 9.18 Å². The molecule has 2 aromatic rings. The predicted molar refractivity (Wildman–Crippen MR) is 119 cm³/mol. The fraction of sp³-hybridized carbons (Fsp3) is 0.273. The first-order chi connectivity index (χ1) is 15.2. The van der Waals surface area contributed by atoms with E-state index >= 15 is 0 Å². The smallest absolute Gasteiger partial charge is 0.411 e. The van der Waals surface area contributed by atoms with E-state index in [4.69, 9.17) is 10.5 Å². The summed E-state index contributed by atoms with van der Waals surface area (Å²) < 4.78 is 18.3. The normalized spacial score (nSPS) is 15.3. The number of nitrogens with two attached hydrogens (primary N) is 1. The number of rotatable bonds is 7. The van der Waals surface area contributed by atoms with Crippen LogP contribution in [0.5, 0.6) is 0 Å². The molecule has 0 bridgehead atoms. The molecular weight excluding hydrogens is 417 g/mol. The first kappa shape index (κ1) is 22.7. The van der Waals surface area contributed by atoms with Crippen LogP contribution in [0, 0.1) is 11.7 Å². The summed E-state index contributed by atoms with van der Waals surface area (Å²) in [7, 11) is 0. The lowest BCUT2D eigenvalue weighted by molar-refractivity contribution is -0.119. The van der Waals surface area contributed by atoms with E-state index in [0.717, 1.165) is 0 Å². The molecule has 1 unspecified atom stereocenters. The molecule has 4 N–H and O–H groups in total. The molecule has 1 aliphatic heterocycles. The molecule has 0 spiro atoms. The average molecular weight is 441 g/mol. The molecule has 2 aromatic carbocycles. The number of anilines is 3. The second kappa shape index (κ2) is 9.90. The second-order valence-electron chi connectivity index (χ2n) is 7.64. The van der Waals surface area contributed by atoms with Crippen LogP contribution in [0.4, 0.5) is 26.2 Å². The lowest BCUT2D eigenvalue weighted by Gasteiger charge is -2.20. The molecule has 3 rings (SSSR count). The maximum atomic E-state index is 13.2. The summed E-state index contributed by atoms with van der Waals surface area (Å²) in [6.45, 7) is 4.14. The lowest BCUT2D eigenvalue weighted by Crippen LogP contribution is -2.39. The number of hydrogen-bond acceptors (Lipinski definition) is 6. The fourth-order valence-corrected chi connectivity index (χ4v) is 2.98. The highest BCUT2D eigenvalue weighted by atomic mass is 19.1. The molecule has 168 valence electrons. The molecule has 32 heavy (non-hydrogen) atoms. The summed E-state index contributed by atoms with van der Waals surface area (Å²) in [4.78, 5) is 36.4. The van der Waals surface area contributed by atoms with E-state index in [0.29, 0.717) is 17.1 Å². The van der Waals surface area contributed by atoms with E-state index < -0.39 is 29.8 Å². The zero-order valence-corrected chi connectivity index (χ0v) is 17.7. The van der Waals surface area contributed by atoms with Gasteiger partial charge in [-0.2, -0.15) is 5.10 Å². The van der Waals surface area contributed by atoms with E-state index in [1.807, 2.05) is 13.8 Å². The number of hydrogen-bond donors (Lipinski definition) is 3. The maximum absolute atomic E-state index is 13.2. The molecule has 0 saturated heterocycles. The Hall–Kier alpha value is -3.95.